The maximum atomic E-state index is 12.6. The molecule has 0 fully saturated rings. The van der Waals surface area contributed by atoms with E-state index in [2.05, 4.69) is 43.6 Å². The first-order valence-corrected chi connectivity index (χ1v) is 17.7. The fraction of sp³-hybridized carbons (Fsp3) is 0.939. The SMILES string of the molecule is CCCOCCOCCOCCNC(=O)CN(CCOCCOCCOCCNC(C)C)CC(=O)NCCOCCOCCOCCC. The van der Waals surface area contributed by atoms with Crippen molar-refractivity contribution in [3.8, 4) is 0 Å². The minimum Gasteiger partial charge on any atom is -0.379 e. The van der Waals surface area contributed by atoms with Gasteiger partial charge in [0.15, 0.2) is 0 Å². The maximum Gasteiger partial charge on any atom is 0.234 e. The molecule has 0 aromatic carbocycles. The Morgan fingerprint density at radius 1 is 0.458 bits per heavy atom. The summed E-state index contributed by atoms with van der Waals surface area (Å²) in [5.74, 6) is -0.405. The maximum absolute atomic E-state index is 12.6. The van der Waals surface area contributed by atoms with Crippen LogP contribution in [0.5, 0.6) is 0 Å². The number of ether oxygens (including phenoxy) is 9. The summed E-state index contributed by atoms with van der Waals surface area (Å²) in [7, 11) is 0. The van der Waals surface area contributed by atoms with Crippen molar-refractivity contribution in [2.45, 2.75) is 46.6 Å². The molecule has 286 valence electrons. The van der Waals surface area contributed by atoms with Gasteiger partial charge in [0.25, 0.3) is 0 Å². The molecule has 15 nitrogen and oxygen atoms in total. The van der Waals surface area contributed by atoms with Gasteiger partial charge >= 0.3 is 0 Å². The highest BCUT2D eigenvalue weighted by Crippen LogP contribution is 1.92. The van der Waals surface area contributed by atoms with Crippen molar-refractivity contribution in [1.82, 2.24) is 20.9 Å². The molecule has 48 heavy (non-hydrogen) atoms. The predicted molar refractivity (Wildman–Crippen MR) is 184 cm³/mol. The van der Waals surface area contributed by atoms with Crippen molar-refractivity contribution in [2.24, 2.45) is 0 Å². The van der Waals surface area contributed by atoms with Gasteiger partial charge in [-0.25, -0.2) is 0 Å². The van der Waals surface area contributed by atoms with Crippen LogP contribution in [0.1, 0.15) is 40.5 Å². The number of hydrogen-bond acceptors (Lipinski definition) is 13. The molecular weight excluding hydrogens is 628 g/mol. The van der Waals surface area contributed by atoms with Crippen molar-refractivity contribution >= 4 is 11.8 Å². The summed E-state index contributed by atoms with van der Waals surface area (Å²) in [5, 5.41) is 8.96. The van der Waals surface area contributed by atoms with Gasteiger partial charge in [-0.2, -0.15) is 0 Å². The molecule has 0 saturated carbocycles. The van der Waals surface area contributed by atoms with Crippen LogP contribution in [0, 0.1) is 0 Å². The zero-order valence-corrected chi connectivity index (χ0v) is 30.4. The molecule has 0 aliphatic rings. The van der Waals surface area contributed by atoms with Crippen molar-refractivity contribution in [3.63, 3.8) is 0 Å². The van der Waals surface area contributed by atoms with E-state index in [0.29, 0.717) is 131 Å². The molecule has 0 rings (SSSR count). The molecule has 0 bridgehead atoms. The van der Waals surface area contributed by atoms with Crippen LogP contribution in [0.3, 0.4) is 0 Å². The predicted octanol–water partition coefficient (Wildman–Crippen LogP) is 0.488. The largest absolute Gasteiger partial charge is 0.379 e. The monoisotopic (exact) mass is 696 g/mol. The second-order valence-corrected chi connectivity index (χ2v) is 11.0. The fourth-order valence-electron chi connectivity index (χ4n) is 3.78. The molecule has 0 aromatic heterocycles. The molecule has 0 atom stereocenters. The summed E-state index contributed by atoms with van der Waals surface area (Å²) in [6.45, 7) is 19.4. The highest BCUT2D eigenvalue weighted by Gasteiger charge is 2.14. The molecule has 0 spiro atoms. The van der Waals surface area contributed by atoms with Crippen molar-refractivity contribution < 1.29 is 52.2 Å². The fourth-order valence-corrected chi connectivity index (χ4v) is 3.78. The van der Waals surface area contributed by atoms with Crippen LogP contribution in [0.15, 0.2) is 0 Å². The molecule has 3 N–H and O–H groups in total. The van der Waals surface area contributed by atoms with Gasteiger partial charge in [0, 0.05) is 45.4 Å². The van der Waals surface area contributed by atoms with Gasteiger partial charge in [0.05, 0.1) is 119 Å². The Labute approximate surface area is 289 Å². The highest BCUT2D eigenvalue weighted by molar-refractivity contribution is 5.81. The lowest BCUT2D eigenvalue weighted by atomic mass is 10.4. The first-order chi connectivity index (χ1) is 23.5. The number of carbonyl (C=O) groups is 2. The third-order valence-corrected chi connectivity index (χ3v) is 6.15. The van der Waals surface area contributed by atoms with Gasteiger partial charge in [0.2, 0.25) is 11.8 Å². The minimum atomic E-state index is -0.203. The zero-order valence-electron chi connectivity index (χ0n) is 30.4. The van der Waals surface area contributed by atoms with Crippen LogP contribution in [0.25, 0.3) is 0 Å². The molecule has 0 heterocycles. The van der Waals surface area contributed by atoms with E-state index in [1.54, 1.807) is 4.90 Å². The van der Waals surface area contributed by atoms with E-state index in [9.17, 15) is 9.59 Å². The molecule has 2 amide bonds. The average molecular weight is 697 g/mol. The number of amides is 2. The lowest BCUT2D eigenvalue weighted by Crippen LogP contribution is -2.45. The Bertz CT molecular complexity index is 656. The Balaban J connectivity index is 4.22. The Kier molecular flexibility index (Phi) is 37.1. The molecule has 0 aliphatic heterocycles. The third-order valence-electron chi connectivity index (χ3n) is 6.15. The number of carbonyl (C=O) groups excluding carboxylic acids is 2. The second-order valence-electron chi connectivity index (χ2n) is 11.0. The molecule has 0 aliphatic carbocycles. The standard InChI is InChI=1S/C33H68N4O11/c1-5-11-40-17-23-46-26-20-43-14-8-35-32(38)29-37(10-16-45-22-28-48-25-19-42-13-7-34-31(3)4)30-33(39)36-9-15-44-21-27-47-24-18-41-12-6-2/h31,34H,5-30H2,1-4H3,(H,35,38)(H,36,39). The van der Waals surface area contributed by atoms with Crippen LogP contribution >= 0.6 is 0 Å². The van der Waals surface area contributed by atoms with Crippen LogP contribution in [0.4, 0.5) is 0 Å². The van der Waals surface area contributed by atoms with Gasteiger partial charge in [-0.15, -0.1) is 0 Å². The first kappa shape index (κ1) is 46.5. The Morgan fingerprint density at radius 3 is 1.12 bits per heavy atom. The van der Waals surface area contributed by atoms with Crippen molar-refractivity contribution in [2.75, 3.05) is 158 Å². The molecule has 0 saturated heterocycles. The normalized spacial score (nSPS) is 11.5. The van der Waals surface area contributed by atoms with E-state index in [0.717, 1.165) is 32.6 Å². The van der Waals surface area contributed by atoms with E-state index < -0.39 is 0 Å². The molecule has 0 unspecified atom stereocenters. The van der Waals surface area contributed by atoms with E-state index >= 15 is 0 Å². The van der Waals surface area contributed by atoms with E-state index in [1.807, 2.05) is 0 Å². The second kappa shape index (κ2) is 38.3. The van der Waals surface area contributed by atoms with Crippen LogP contribution in [0.2, 0.25) is 0 Å². The minimum absolute atomic E-state index is 0.0486. The molecule has 0 aromatic rings. The number of nitrogens with one attached hydrogen (secondary N) is 3. The van der Waals surface area contributed by atoms with Gasteiger partial charge in [-0.05, 0) is 12.8 Å². The summed E-state index contributed by atoms with van der Waals surface area (Å²) in [5.41, 5.74) is 0. The van der Waals surface area contributed by atoms with Gasteiger partial charge in [-0.3, -0.25) is 14.5 Å². The topological polar surface area (TPSA) is 157 Å². The number of rotatable bonds is 39. The lowest BCUT2D eigenvalue weighted by Gasteiger charge is -2.21. The van der Waals surface area contributed by atoms with Crippen molar-refractivity contribution in [3.05, 3.63) is 0 Å². The van der Waals surface area contributed by atoms with Crippen LogP contribution < -0.4 is 16.0 Å². The van der Waals surface area contributed by atoms with Gasteiger partial charge in [0.1, 0.15) is 0 Å². The van der Waals surface area contributed by atoms with E-state index in [1.165, 1.54) is 0 Å². The summed E-state index contributed by atoms with van der Waals surface area (Å²) in [6, 6.07) is 0.440. The average Bonchev–Trinajstić information content (AvgIpc) is 3.06. The highest BCUT2D eigenvalue weighted by atomic mass is 16.6. The summed E-state index contributed by atoms with van der Waals surface area (Å²) in [6.07, 6.45) is 1.97. The Morgan fingerprint density at radius 2 is 0.771 bits per heavy atom. The zero-order chi connectivity index (χ0) is 35.2. The van der Waals surface area contributed by atoms with Gasteiger partial charge in [-0.1, -0.05) is 27.7 Å². The smallest absolute Gasteiger partial charge is 0.234 e. The van der Waals surface area contributed by atoms with E-state index in [4.69, 9.17) is 42.6 Å². The summed E-state index contributed by atoms with van der Waals surface area (Å²) >= 11 is 0. The number of nitrogens with zero attached hydrogens (tertiary/aromatic N) is 1. The van der Waals surface area contributed by atoms with Crippen LogP contribution in [-0.2, 0) is 52.2 Å². The third kappa shape index (κ3) is 37.3. The molecule has 15 heteroatoms. The number of hydrogen-bond donors (Lipinski definition) is 3. The van der Waals surface area contributed by atoms with Crippen LogP contribution in [-0.4, -0.2) is 181 Å². The van der Waals surface area contributed by atoms with E-state index in [-0.39, 0.29) is 24.9 Å². The molecule has 0 radical (unpaired) electrons. The molecular formula is C33H68N4O11. The summed E-state index contributed by atoms with van der Waals surface area (Å²) in [4.78, 5) is 26.9. The van der Waals surface area contributed by atoms with Gasteiger partial charge < -0.3 is 58.6 Å². The quantitative estimate of drug-likeness (QED) is 0.0765. The van der Waals surface area contributed by atoms with Crippen molar-refractivity contribution in [1.29, 1.82) is 0 Å². The lowest BCUT2D eigenvalue weighted by molar-refractivity contribution is -0.125. The summed E-state index contributed by atoms with van der Waals surface area (Å²) < 4.78 is 49.4. The Hall–Kier alpha value is -1.50. The first-order valence-electron chi connectivity index (χ1n) is 17.7.